The molecule has 12 heavy (non-hydrogen) atoms. The molecule has 0 saturated carbocycles. The minimum absolute atomic E-state index is 0.0324. The van der Waals surface area contributed by atoms with Crippen LogP contribution in [0.25, 0.3) is 0 Å². The highest BCUT2D eigenvalue weighted by molar-refractivity contribution is 5.39. The average Bonchev–Trinajstić information content (AvgIpc) is 2.29. The molecule has 0 heterocycles. The fourth-order valence-electron chi connectivity index (χ4n) is 2.11. The van der Waals surface area contributed by atoms with E-state index in [1.165, 1.54) is 5.56 Å². The highest BCUT2D eigenvalue weighted by atomic mass is 19.1. The lowest BCUT2D eigenvalue weighted by Gasteiger charge is -2.18. The second kappa shape index (κ2) is 2.32. The van der Waals surface area contributed by atoms with Gasteiger partial charge in [0, 0.05) is 0 Å². The summed E-state index contributed by atoms with van der Waals surface area (Å²) in [5.41, 5.74) is 2.17. The van der Waals surface area contributed by atoms with Gasteiger partial charge in [0.05, 0.1) is 0 Å². The lowest BCUT2D eigenvalue weighted by Crippen LogP contribution is -2.13. The lowest BCUT2D eigenvalue weighted by molar-refractivity contribution is 0.488. The summed E-state index contributed by atoms with van der Waals surface area (Å²) in [5, 5.41) is 0. The molecule has 0 N–H and O–H groups in total. The minimum atomic E-state index is -0.0324. The van der Waals surface area contributed by atoms with Crippen LogP contribution in [0, 0.1) is 5.82 Å². The first-order valence-electron chi connectivity index (χ1n) is 4.39. The van der Waals surface area contributed by atoms with Crippen LogP contribution in [0.15, 0.2) is 18.2 Å². The van der Waals surface area contributed by atoms with Gasteiger partial charge in [-0.2, -0.15) is 0 Å². The van der Waals surface area contributed by atoms with Crippen molar-refractivity contribution in [3.63, 3.8) is 0 Å². The molecule has 1 aromatic rings. The largest absolute Gasteiger partial charge is 0.207 e. The van der Waals surface area contributed by atoms with Gasteiger partial charge in [0.25, 0.3) is 0 Å². The SMILES string of the molecule is CC1(C)CCc2cccc(F)c21. The van der Waals surface area contributed by atoms with Gasteiger partial charge < -0.3 is 0 Å². The van der Waals surface area contributed by atoms with Gasteiger partial charge in [0.1, 0.15) is 5.82 Å². The summed E-state index contributed by atoms with van der Waals surface area (Å²) in [6, 6.07) is 5.40. The summed E-state index contributed by atoms with van der Waals surface area (Å²) >= 11 is 0. The van der Waals surface area contributed by atoms with E-state index < -0.39 is 0 Å². The first-order valence-corrected chi connectivity index (χ1v) is 4.39. The van der Waals surface area contributed by atoms with Crippen LogP contribution in [0.5, 0.6) is 0 Å². The molecular weight excluding hydrogens is 151 g/mol. The Balaban J connectivity index is 2.64. The summed E-state index contributed by atoms with van der Waals surface area (Å²) in [7, 11) is 0. The number of halogens is 1. The zero-order valence-electron chi connectivity index (χ0n) is 7.52. The molecular formula is C11H13F. The molecule has 2 rings (SSSR count). The molecule has 0 nitrogen and oxygen atoms in total. The van der Waals surface area contributed by atoms with Crippen molar-refractivity contribution in [2.24, 2.45) is 0 Å². The Bertz CT molecular complexity index is 313. The van der Waals surface area contributed by atoms with Crippen LogP contribution in [0.2, 0.25) is 0 Å². The fraction of sp³-hybridized carbons (Fsp3) is 0.455. The maximum absolute atomic E-state index is 13.4. The van der Waals surface area contributed by atoms with Crippen molar-refractivity contribution in [3.8, 4) is 0 Å². The molecule has 0 unspecified atom stereocenters. The number of fused-ring (bicyclic) bond motifs is 1. The smallest absolute Gasteiger partial charge is 0.127 e. The van der Waals surface area contributed by atoms with Gasteiger partial charge in [-0.1, -0.05) is 26.0 Å². The van der Waals surface area contributed by atoms with E-state index in [0.717, 1.165) is 18.4 Å². The van der Waals surface area contributed by atoms with Crippen molar-refractivity contribution in [1.29, 1.82) is 0 Å². The Morgan fingerprint density at radius 1 is 1.33 bits per heavy atom. The van der Waals surface area contributed by atoms with E-state index in [-0.39, 0.29) is 11.2 Å². The molecule has 1 aliphatic rings. The lowest BCUT2D eigenvalue weighted by atomic mass is 9.86. The quantitative estimate of drug-likeness (QED) is 0.553. The Kier molecular flexibility index (Phi) is 1.50. The molecule has 0 saturated heterocycles. The van der Waals surface area contributed by atoms with Crippen LogP contribution in [0.4, 0.5) is 4.39 Å². The average molecular weight is 164 g/mol. The third-order valence-electron chi connectivity index (χ3n) is 2.80. The van der Waals surface area contributed by atoms with Crippen LogP contribution < -0.4 is 0 Å². The van der Waals surface area contributed by atoms with Gasteiger partial charge in [-0.15, -0.1) is 0 Å². The summed E-state index contributed by atoms with van der Waals surface area (Å²) in [5.74, 6) is -0.0324. The molecule has 1 aromatic carbocycles. The van der Waals surface area contributed by atoms with Crippen molar-refractivity contribution >= 4 is 0 Å². The molecule has 0 aromatic heterocycles. The summed E-state index contributed by atoms with van der Waals surface area (Å²) in [6.07, 6.45) is 2.10. The third kappa shape index (κ3) is 0.961. The second-order valence-corrected chi connectivity index (χ2v) is 4.16. The first kappa shape index (κ1) is 7.78. The number of aryl methyl sites for hydroxylation is 1. The molecule has 64 valence electrons. The minimum Gasteiger partial charge on any atom is -0.207 e. The maximum atomic E-state index is 13.4. The first-order chi connectivity index (χ1) is 5.61. The van der Waals surface area contributed by atoms with Crippen LogP contribution in [0.3, 0.4) is 0 Å². The van der Waals surface area contributed by atoms with E-state index in [2.05, 4.69) is 13.8 Å². The van der Waals surface area contributed by atoms with Gasteiger partial charge in [-0.3, -0.25) is 0 Å². The Morgan fingerprint density at radius 2 is 2.08 bits per heavy atom. The van der Waals surface area contributed by atoms with Crippen LogP contribution in [-0.2, 0) is 11.8 Å². The number of benzene rings is 1. The van der Waals surface area contributed by atoms with E-state index in [1.807, 2.05) is 6.07 Å². The van der Waals surface area contributed by atoms with Gasteiger partial charge in [0.2, 0.25) is 0 Å². The molecule has 1 aliphatic carbocycles. The fourth-order valence-corrected chi connectivity index (χ4v) is 2.11. The van der Waals surface area contributed by atoms with Gasteiger partial charge in [0.15, 0.2) is 0 Å². The normalized spacial score (nSPS) is 19.2. The van der Waals surface area contributed by atoms with E-state index in [0.29, 0.717) is 0 Å². The number of hydrogen-bond acceptors (Lipinski definition) is 0. The Morgan fingerprint density at radius 3 is 2.75 bits per heavy atom. The monoisotopic (exact) mass is 164 g/mol. The second-order valence-electron chi connectivity index (χ2n) is 4.16. The molecule has 0 aliphatic heterocycles. The summed E-state index contributed by atoms with van der Waals surface area (Å²) < 4.78 is 13.4. The molecule has 0 fully saturated rings. The van der Waals surface area contributed by atoms with Crippen molar-refractivity contribution in [2.45, 2.75) is 32.1 Å². The third-order valence-corrected chi connectivity index (χ3v) is 2.80. The predicted octanol–water partition coefficient (Wildman–Crippen LogP) is 3.05. The Hall–Kier alpha value is -0.850. The molecule has 0 spiro atoms. The van der Waals surface area contributed by atoms with E-state index in [4.69, 9.17) is 0 Å². The van der Waals surface area contributed by atoms with Crippen molar-refractivity contribution in [2.75, 3.05) is 0 Å². The molecule has 0 bridgehead atoms. The van der Waals surface area contributed by atoms with Gasteiger partial charge >= 0.3 is 0 Å². The van der Waals surface area contributed by atoms with Gasteiger partial charge in [-0.05, 0) is 35.4 Å². The molecule has 0 atom stereocenters. The zero-order valence-corrected chi connectivity index (χ0v) is 7.52. The van der Waals surface area contributed by atoms with Crippen LogP contribution in [-0.4, -0.2) is 0 Å². The highest BCUT2D eigenvalue weighted by Gasteiger charge is 2.32. The van der Waals surface area contributed by atoms with Crippen LogP contribution in [0.1, 0.15) is 31.4 Å². The summed E-state index contributed by atoms with van der Waals surface area (Å²) in [4.78, 5) is 0. The molecule has 0 radical (unpaired) electrons. The predicted molar refractivity (Wildman–Crippen MR) is 47.7 cm³/mol. The topological polar surface area (TPSA) is 0 Å². The zero-order chi connectivity index (χ0) is 8.77. The van der Waals surface area contributed by atoms with Crippen LogP contribution >= 0.6 is 0 Å². The van der Waals surface area contributed by atoms with E-state index in [1.54, 1.807) is 12.1 Å². The maximum Gasteiger partial charge on any atom is 0.127 e. The van der Waals surface area contributed by atoms with Crippen molar-refractivity contribution in [1.82, 2.24) is 0 Å². The number of hydrogen-bond donors (Lipinski definition) is 0. The van der Waals surface area contributed by atoms with E-state index in [9.17, 15) is 4.39 Å². The van der Waals surface area contributed by atoms with E-state index >= 15 is 0 Å². The van der Waals surface area contributed by atoms with Gasteiger partial charge in [-0.25, -0.2) is 4.39 Å². The highest BCUT2D eigenvalue weighted by Crippen LogP contribution is 2.39. The number of rotatable bonds is 0. The van der Waals surface area contributed by atoms with Crippen molar-refractivity contribution < 1.29 is 4.39 Å². The summed E-state index contributed by atoms with van der Waals surface area (Å²) in [6.45, 7) is 4.23. The molecule has 0 amide bonds. The Labute approximate surface area is 72.4 Å². The molecule has 1 heteroatoms. The van der Waals surface area contributed by atoms with Crippen molar-refractivity contribution in [3.05, 3.63) is 35.1 Å². The standard InChI is InChI=1S/C11H13F/c1-11(2)7-6-8-4-3-5-9(12)10(8)11/h3-5H,6-7H2,1-2H3.